The topological polar surface area (TPSA) is 24.5 Å². The molecule has 0 radical (unpaired) electrons. The molecule has 0 aromatic heterocycles. The number of likely N-dealkylation sites (tertiary alicyclic amines) is 1. The van der Waals surface area contributed by atoms with E-state index in [1.807, 2.05) is 0 Å². The lowest BCUT2D eigenvalue weighted by molar-refractivity contribution is -0.0498. The van der Waals surface area contributed by atoms with Crippen molar-refractivity contribution < 1.29 is 13.5 Å². The fourth-order valence-corrected chi connectivity index (χ4v) is 2.14. The van der Waals surface area contributed by atoms with Crippen LogP contribution >= 0.6 is 12.2 Å². The Morgan fingerprint density at radius 3 is 2.39 bits per heavy atom. The summed E-state index contributed by atoms with van der Waals surface area (Å²) in [5.41, 5.74) is 0.772. The average molecular weight is 272 g/mol. The number of anilines is 1. The van der Waals surface area contributed by atoms with Gasteiger partial charge in [0.25, 0.3) is 0 Å². The molecule has 0 saturated carbocycles. The van der Waals surface area contributed by atoms with Crippen molar-refractivity contribution in [2.45, 2.75) is 19.5 Å². The zero-order chi connectivity index (χ0) is 13.0. The van der Waals surface area contributed by atoms with E-state index in [1.54, 1.807) is 12.1 Å². The maximum atomic E-state index is 12.0. The Hall–Kier alpha value is -1.43. The third kappa shape index (κ3) is 3.53. The number of nitrogens with one attached hydrogen (secondary N) is 1. The smallest absolute Gasteiger partial charge is 0.387 e. The lowest BCUT2D eigenvalue weighted by Gasteiger charge is -2.19. The SMILES string of the molecule is FC(F)Oc1ccc(NC(=S)N2CCCC2)cc1. The van der Waals surface area contributed by atoms with Crippen LogP contribution < -0.4 is 10.1 Å². The van der Waals surface area contributed by atoms with Crippen molar-refractivity contribution in [1.82, 2.24) is 4.90 Å². The quantitative estimate of drug-likeness (QED) is 0.855. The number of alkyl halides is 2. The third-order valence-corrected chi connectivity index (χ3v) is 3.08. The normalized spacial score (nSPS) is 14.9. The summed E-state index contributed by atoms with van der Waals surface area (Å²) in [6.45, 7) is -0.855. The summed E-state index contributed by atoms with van der Waals surface area (Å²) < 4.78 is 28.2. The highest BCUT2D eigenvalue weighted by molar-refractivity contribution is 7.80. The predicted octanol–water partition coefficient (Wildman–Crippen LogP) is 3.08. The Bertz CT molecular complexity index is 405. The molecular formula is C12H14F2N2OS. The summed E-state index contributed by atoms with van der Waals surface area (Å²) in [5.74, 6) is 0.141. The van der Waals surface area contributed by atoms with E-state index in [0.29, 0.717) is 5.11 Å². The van der Waals surface area contributed by atoms with Crippen LogP contribution in [0.4, 0.5) is 14.5 Å². The molecule has 0 spiro atoms. The van der Waals surface area contributed by atoms with E-state index < -0.39 is 6.61 Å². The van der Waals surface area contributed by atoms with Crippen molar-refractivity contribution in [3.8, 4) is 5.75 Å². The van der Waals surface area contributed by atoms with Crippen LogP contribution in [-0.2, 0) is 0 Å². The number of benzene rings is 1. The lowest BCUT2D eigenvalue weighted by atomic mass is 10.3. The minimum Gasteiger partial charge on any atom is -0.435 e. The van der Waals surface area contributed by atoms with Crippen molar-refractivity contribution in [2.24, 2.45) is 0 Å². The van der Waals surface area contributed by atoms with Gasteiger partial charge in [0.1, 0.15) is 5.75 Å². The van der Waals surface area contributed by atoms with Crippen LogP contribution in [0.5, 0.6) is 5.75 Å². The van der Waals surface area contributed by atoms with Crippen LogP contribution in [0.2, 0.25) is 0 Å². The minimum absolute atomic E-state index is 0.141. The molecule has 1 N–H and O–H groups in total. The molecule has 2 rings (SSSR count). The maximum absolute atomic E-state index is 12.0. The van der Waals surface area contributed by atoms with E-state index in [0.717, 1.165) is 31.6 Å². The summed E-state index contributed by atoms with van der Waals surface area (Å²) in [7, 11) is 0. The van der Waals surface area contributed by atoms with E-state index in [4.69, 9.17) is 12.2 Å². The molecule has 1 saturated heterocycles. The third-order valence-electron chi connectivity index (χ3n) is 2.72. The Kier molecular flexibility index (Phi) is 4.30. The Morgan fingerprint density at radius 2 is 1.83 bits per heavy atom. The van der Waals surface area contributed by atoms with E-state index >= 15 is 0 Å². The zero-order valence-electron chi connectivity index (χ0n) is 9.73. The van der Waals surface area contributed by atoms with Crippen molar-refractivity contribution in [3.63, 3.8) is 0 Å². The fraction of sp³-hybridized carbons (Fsp3) is 0.417. The molecule has 3 nitrogen and oxygen atoms in total. The lowest BCUT2D eigenvalue weighted by Crippen LogP contribution is -2.31. The molecule has 1 aliphatic heterocycles. The molecular weight excluding hydrogens is 258 g/mol. The van der Waals surface area contributed by atoms with Gasteiger partial charge in [-0.3, -0.25) is 0 Å². The van der Waals surface area contributed by atoms with Gasteiger partial charge in [-0.1, -0.05) is 0 Å². The van der Waals surface area contributed by atoms with E-state index in [1.165, 1.54) is 12.1 Å². The van der Waals surface area contributed by atoms with Crippen LogP contribution in [0.3, 0.4) is 0 Å². The molecule has 0 bridgehead atoms. The second-order valence-electron chi connectivity index (χ2n) is 4.03. The maximum Gasteiger partial charge on any atom is 0.387 e. The first-order chi connectivity index (χ1) is 8.65. The van der Waals surface area contributed by atoms with Crippen LogP contribution in [0, 0.1) is 0 Å². The summed E-state index contributed by atoms with van der Waals surface area (Å²) in [5, 5.41) is 3.75. The highest BCUT2D eigenvalue weighted by Crippen LogP contribution is 2.18. The van der Waals surface area contributed by atoms with Crippen LogP contribution in [-0.4, -0.2) is 29.7 Å². The van der Waals surface area contributed by atoms with Crippen molar-refractivity contribution in [1.29, 1.82) is 0 Å². The minimum atomic E-state index is -2.80. The highest BCUT2D eigenvalue weighted by Gasteiger charge is 2.14. The molecule has 0 unspecified atom stereocenters. The Balaban J connectivity index is 1.91. The van der Waals surface area contributed by atoms with Gasteiger partial charge in [-0.15, -0.1) is 0 Å². The molecule has 1 fully saturated rings. The molecule has 1 aromatic carbocycles. The summed E-state index contributed by atoms with van der Waals surface area (Å²) in [6, 6.07) is 6.31. The first kappa shape index (κ1) is 13.0. The van der Waals surface area contributed by atoms with Gasteiger partial charge in [0.2, 0.25) is 0 Å². The second-order valence-corrected chi connectivity index (χ2v) is 4.41. The first-order valence-electron chi connectivity index (χ1n) is 5.76. The number of rotatable bonds is 3. The number of hydrogen-bond donors (Lipinski definition) is 1. The van der Waals surface area contributed by atoms with E-state index in [-0.39, 0.29) is 5.75 Å². The number of ether oxygens (including phenoxy) is 1. The summed E-state index contributed by atoms with van der Waals surface area (Å²) >= 11 is 5.26. The summed E-state index contributed by atoms with van der Waals surface area (Å²) in [4.78, 5) is 2.10. The van der Waals surface area contributed by atoms with Crippen molar-refractivity contribution in [3.05, 3.63) is 24.3 Å². The molecule has 1 heterocycles. The number of thiocarbonyl (C=S) groups is 1. The van der Waals surface area contributed by atoms with Gasteiger partial charge in [-0.2, -0.15) is 8.78 Å². The first-order valence-corrected chi connectivity index (χ1v) is 6.17. The predicted molar refractivity (Wildman–Crippen MR) is 70.1 cm³/mol. The average Bonchev–Trinajstić information content (AvgIpc) is 2.84. The van der Waals surface area contributed by atoms with Gasteiger partial charge in [0, 0.05) is 18.8 Å². The fourth-order valence-electron chi connectivity index (χ4n) is 1.84. The standard InChI is InChI=1S/C12H14F2N2OS/c13-11(14)17-10-5-3-9(4-6-10)15-12(18)16-7-1-2-8-16/h3-6,11H,1-2,7-8H2,(H,15,18). The van der Waals surface area contributed by atoms with Gasteiger partial charge >= 0.3 is 6.61 Å². The van der Waals surface area contributed by atoms with E-state index in [2.05, 4.69) is 15.0 Å². The van der Waals surface area contributed by atoms with Gasteiger partial charge < -0.3 is 15.0 Å². The molecule has 1 aliphatic rings. The number of hydrogen-bond acceptors (Lipinski definition) is 2. The monoisotopic (exact) mass is 272 g/mol. The molecule has 18 heavy (non-hydrogen) atoms. The van der Waals surface area contributed by atoms with Gasteiger partial charge in [-0.25, -0.2) is 0 Å². The largest absolute Gasteiger partial charge is 0.435 e. The van der Waals surface area contributed by atoms with Gasteiger partial charge in [0.05, 0.1) is 0 Å². The van der Waals surface area contributed by atoms with Crippen LogP contribution in [0.25, 0.3) is 0 Å². The number of halogens is 2. The Labute approximate surface area is 110 Å². The van der Waals surface area contributed by atoms with E-state index in [9.17, 15) is 8.78 Å². The highest BCUT2D eigenvalue weighted by atomic mass is 32.1. The molecule has 0 amide bonds. The van der Waals surface area contributed by atoms with Gasteiger partial charge in [-0.05, 0) is 49.3 Å². The second kappa shape index (κ2) is 5.95. The number of nitrogens with zero attached hydrogens (tertiary/aromatic N) is 1. The zero-order valence-corrected chi connectivity index (χ0v) is 10.6. The summed E-state index contributed by atoms with van der Waals surface area (Å²) in [6.07, 6.45) is 2.31. The van der Waals surface area contributed by atoms with Gasteiger partial charge in [0.15, 0.2) is 5.11 Å². The molecule has 1 aromatic rings. The van der Waals surface area contributed by atoms with Crippen molar-refractivity contribution in [2.75, 3.05) is 18.4 Å². The van der Waals surface area contributed by atoms with Crippen molar-refractivity contribution >= 4 is 23.0 Å². The van der Waals surface area contributed by atoms with Crippen LogP contribution in [0.1, 0.15) is 12.8 Å². The Morgan fingerprint density at radius 1 is 1.22 bits per heavy atom. The molecule has 0 atom stereocenters. The van der Waals surface area contributed by atoms with Crippen LogP contribution in [0.15, 0.2) is 24.3 Å². The molecule has 0 aliphatic carbocycles. The molecule has 6 heteroatoms. The molecule has 98 valence electrons.